The van der Waals surface area contributed by atoms with Gasteiger partial charge in [0.05, 0.1) is 25.2 Å². The molecule has 1 heterocycles. The normalized spacial score (nSPS) is 19.2. The molecule has 2 aromatic carbocycles. The molecule has 0 saturated carbocycles. The number of likely N-dealkylation sites (tertiary alicyclic amines) is 1. The first-order valence-corrected chi connectivity index (χ1v) is 9.68. The van der Waals surface area contributed by atoms with Gasteiger partial charge in [0.2, 0.25) is 5.91 Å². The summed E-state index contributed by atoms with van der Waals surface area (Å²) in [6.07, 6.45) is 0.342. The van der Waals surface area contributed by atoms with Crippen molar-refractivity contribution in [3.63, 3.8) is 0 Å². The van der Waals surface area contributed by atoms with E-state index in [1.54, 1.807) is 14.2 Å². The van der Waals surface area contributed by atoms with Crippen molar-refractivity contribution < 1.29 is 23.8 Å². The number of aliphatic hydroxyl groups is 1. The molecule has 156 valence electrons. The quantitative estimate of drug-likeness (QED) is 0.716. The molecule has 1 amide bonds. The van der Waals surface area contributed by atoms with Crippen molar-refractivity contribution in [2.75, 3.05) is 32.6 Å². The average molecular weight is 423 g/mol. The molecule has 8 heteroatoms. The fraction of sp³-hybridized carbons (Fsp3) is 0.381. The maximum Gasteiger partial charge on any atom is 0.228 e. The minimum atomic E-state index is -0.692. The Kier molecular flexibility index (Phi) is 6.95. The zero-order valence-electron chi connectivity index (χ0n) is 16.3. The average Bonchev–Trinajstić information content (AvgIpc) is 3.09. The number of methoxy groups -OCH3 is 2. The number of carbonyl (C=O) groups is 1. The minimum Gasteiger partial charge on any atom is -0.493 e. The summed E-state index contributed by atoms with van der Waals surface area (Å²) in [6.45, 7) is 1.04. The third-order valence-electron chi connectivity index (χ3n) is 5.07. The fourth-order valence-corrected chi connectivity index (χ4v) is 3.62. The Morgan fingerprint density at radius 2 is 2.00 bits per heavy atom. The number of nitrogens with zero attached hydrogens (tertiary/aromatic N) is 1. The Balaban J connectivity index is 1.56. The highest BCUT2D eigenvalue weighted by Crippen LogP contribution is 2.29. The van der Waals surface area contributed by atoms with Crippen molar-refractivity contribution in [3.8, 4) is 11.5 Å². The highest BCUT2D eigenvalue weighted by molar-refractivity contribution is 6.31. The number of amides is 1. The second-order valence-electron chi connectivity index (χ2n) is 6.97. The molecule has 1 aliphatic heterocycles. The monoisotopic (exact) mass is 422 g/mol. The molecule has 0 radical (unpaired) electrons. The van der Waals surface area contributed by atoms with Gasteiger partial charge < -0.3 is 19.9 Å². The molecular formula is C21H24ClFN2O4. The van der Waals surface area contributed by atoms with E-state index in [0.29, 0.717) is 43.1 Å². The maximum absolute atomic E-state index is 13.3. The molecule has 0 bridgehead atoms. The van der Waals surface area contributed by atoms with E-state index in [1.807, 2.05) is 23.1 Å². The highest BCUT2D eigenvalue weighted by atomic mass is 35.5. The van der Waals surface area contributed by atoms with Crippen molar-refractivity contribution in [2.24, 2.45) is 5.92 Å². The summed E-state index contributed by atoms with van der Waals surface area (Å²) in [5.41, 5.74) is 1.48. The van der Waals surface area contributed by atoms with E-state index in [-0.39, 0.29) is 16.8 Å². The van der Waals surface area contributed by atoms with E-state index in [0.717, 1.165) is 5.56 Å². The number of benzene rings is 2. The summed E-state index contributed by atoms with van der Waals surface area (Å²) in [4.78, 5) is 14.4. The van der Waals surface area contributed by atoms with E-state index in [9.17, 15) is 14.3 Å². The van der Waals surface area contributed by atoms with Crippen LogP contribution in [-0.4, -0.2) is 49.5 Å². The molecule has 0 aliphatic carbocycles. The predicted octanol–water partition coefficient (Wildman–Crippen LogP) is 3.32. The first-order chi connectivity index (χ1) is 13.9. The smallest absolute Gasteiger partial charge is 0.228 e. The van der Waals surface area contributed by atoms with Crippen molar-refractivity contribution in [1.82, 2.24) is 4.90 Å². The number of halogens is 2. The first-order valence-electron chi connectivity index (χ1n) is 9.30. The third-order valence-corrected chi connectivity index (χ3v) is 5.35. The lowest BCUT2D eigenvalue weighted by atomic mass is 10.1. The van der Waals surface area contributed by atoms with Crippen LogP contribution in [0.25, 0.3) is 0 Å². The van der Waals surface area contributed by atoms with Gasteiger partial charge in [-0.3, -0.25) is 9.69 Å². The zero-order chi connectivity index (χ0) is 21.0. The van der Waals surface area contributed by atoms with Gasteiger partial charge in [-0.1, -0.05) is 17.7 Å². The summed E-state index contributed by atoms with van der Waals surface area (Å²) in [7, 11) is 3.17. The molecule has 1 saturated heterocycles. The Labute approximate surface area is 174 Å². The van der Waals surface area contributed by atoms with Crippen LogP contribution in [0.15, 0.2) is 36.4 Å². The molecule has 2 aromatic rings. The molecule has 2 atom stereocenters. The lowest BCUT2D eigenvalue weighted by Crippen LogP contribution is -2.32. The van der Waals surface area contributed by atoms with Crippen LogP contribution in [0.3, 0.4) is 0 Å². The lowest BCUT2D eigenvalue weighted by Gasteiger charge is -2.20. The molecule has 0 aromatic heterocycles. The highest BCUT2D eigenvalue weighted by Gasteiger charge is 2.34. The Morgan fingerprint density at radius 1 is 1.24 bits per heavy atom. The van der Waals surface area contributed by atoms with Crippen LogP contribution in [0.2, 0.25) is 5.02 Å². The standard InChI is InChI=1S/C21H24ClFN2O4/c1-28-18-6-3-13(9-19(18)29-2)7-8-25-12-14(10-20(25)26)21(27)24-15-4-5-17(23)16(22)11-15/h3-6,9,11,14,20,26H,7-8,10,12H2,1-2H3,(H,24,27). The summed E-state index contributed by atoms with van der Waals surface area (Å²) in [5, 5.41) is 13.0. The van der Waals surface area contributed by atoms with Gasteiger partial charge in [-0.05, 0) is 48.7 Å². The van der Waals surface area contributed by atoms with Crippen molar-refractivity contribution >= 4 is 23.2 Å². The number of nitrogens with one attached hydrogen (secondary N) is 1. The summed E-state index contributed by atoms with van der Waals surface area (Å²) in [6, 6.07) is 9.74. The van der Waals surface area contributed by atoms with E-state index < -0.39 is 12.0 Å². The zero-order valence-corrected chi connectivity index (χ0v) is 17.1. The van der Waals surface area contributed by atoms with Crippen molar-refractivity contribution in [3.05, 3.63) is 52.8 Å². The van der Waals surface area contributed by atoms with Crippen LogP contribution < -0.4 is 14.8 Å². The first kappa shape index (κ1) is 21.4. The molecule has 2 N–H and O–H groups in total. The summed E-state index contributed by atoms with van der Waals surface area (Å²) in [5.74, 6) is 0.194. The van der Waals surface area contributed by atoms with E-state index in [1.165, 1.54) is 18.2 Å². The van der Waals surface area contributed by atoms with Gasteiger partial charge in [0.15, 0.2) is 11.5 Å². The third kappa shape index (κ3) is 5.18. The van der Waals surface area contributed by atoms with Crippen molar-refractivity contribution in [1.29, 1.82) is 0 Å². The molecule has 29 heavy (non-hydrogen) atoms. The molecule has 0 spiro atoms. The Bertz CT molecular complexity index is 880. The second kappa shape index (κ2) is 9.43. The van der Waals surface area contributed by atoms with Crippen LogP contribution in [-0.2, 0) is 11.2 Å². The predicted molar refractivity (Wildman–Crippen MR) is 109 cm³/mol. The number of hydrogen-bond acceptors (Lipinski definition) is 5. The fourth-order valence-electron chi connectivity index (χ4n) is 3.44. The van der Waals surface area contributed by atoms with E-state index in [2.05, 4.69) is 5.32 Å². The van der Waals surface area contributed by atoms with Gasteiger partial charge in [0.25, 0.3) is 0 Å². The van der Waals surface area contributed by atoms with Crippen molar-refractivity contribution in [2.45, 2.75) is 19.1 Å². The number of anilines is 1. The number of hydrogen-bond donors (Lipinski definition) is 2. The number of rotatable bonds is 7. The van der Waals surface area contributed by atoms with Crippen LogP contribution in [0.5, 0.6) is 11.5 Å². The number of ether oxygens (including phenoxy) is 2. The van der Waals surface area contributed by atoms with Crippen LogP contribution in [0.1, 0.15) is 12.0 Å². The number of aliphatic hydroxyl groups excluding tert-OH is 1. The SMILES string of the molecule is COc1ccc(CCN2CC(C(=O)Nc3ccc(F)c(Cl)c3)CC2O)cc1OC. The van der Waals surface area contributed by atoms with Gasteiger partial charge in [-0.25, -0.2) is 4.39 Å². The minimum absolute atomic E-state index is 0.0502. The van der Waals surface area contributed by atoms with Crippen LogP contribution in [0, 0.1) is 11.7 Å². The maximum atomic E-state index is 13.3. The lowest BCUT2D eigenvalue weighted by molar-refractivity contribution is -0.119. The topological polar surface area (TPSA) is 71.0 Å². The van der Waals surface area contributed by atoms with Gasteiger partial charge in [0.1, 0.15) is 12.0 Å². The second-order valence-corrected chi connectivity index (χ2v) is 7.37. The van der Waals surface area contributed by atoms with Crippen LogP contribution in [0.4, 0.5) is 10.1 Å². The van der Waals surface area contributed by atoms with Gasteiger partial charge >= 0.3 is 0 Å². The molecule has 6 nitrogen and oxygen atoms in total. The van der Waals surface area contributed by atoms with Gasteiger partial charge in [-0.15, -0.1) is 0 Å². The Morgan fingerprint density at radius 3 is 2.69 bits per heavy atom. The molecular weight excluding hydrogens is 399 g/mol. The van der Waals surface area contributed by atoms with Gasteiger partial charge in [-0.2, -0.15) is 0 Å². The Hall–Kier alpha value is -2.35. The molecule has 1 aliphatic rings. The molecule has 3 rings (SSSR count). The van der Waals surface area contributed by atoms with E-state index in [4.69, 9.17) is 21.1 Å². The van der Waals surface area contributed by atoms with E-state index >= 15 is 0 Å². The van der Waals surface area contributed by atoms with Gasteiger partial charge in [0, 0.05) is 18.8 Å². The van der Waals surface area contributed by atoms with Crippen LogP contribution >= 0.6 is 11.6 Å². The summed E-state index contributed by atoms with van der Waals surface area (Å²) < 4.78 is 23.8. The molecule has 1 fully saturated rings. The molecule has 2 unspecified atom stereocenters. The largest absolute Gasteiger partial charge is 0.493 e. The summed E-state index contributed by atoms with van der Waals surface area (Å²) >= 11 is 5.75. The number of carbonyl (C=O) groups excluding carboxylic acids is 1.